The summed E-state index contributed by atoms with van der Waals surface area (Å²) >= 11 is 0. The molecule has 0 amide bonds. The van der Waals surface area contributed by atoms with Gasteiger partial charge in [-0.3, -0.25) is 4.79 Å². The molecule has 6 rings (SSSR count). The predicted octanol–water partition coefficient (Wildman–Crippen LogP) is 4.97. The molecule has 4 heteroatoms. The van der Waals surface area contributed by atoms with Gasteiger partial charge in [-0.2, -0.15) is 0 Å². The number of Topliss-reactive ketones (excluding diaryl/α,β-unsaturated/α-hetero) is 1. The van der Waals surface area contributed by atoms with Crippen molar-refractivity contribution < 1.29 is 19.4 Å². The third kappa shape index (κ3) is 2.74. The summed E-state index contributed by atoms with van der Waals surface area (Å²) in [6, 6.07) is 0. The topological polar surface area (TPSA) is 55.8 Å². The van der Waals surface area contributed by atoms with Gasteiger partial charge in [-0.15, -0.1) is 0 Å². The second-order valence-electron chi connectivity index (χ2n) is 13.1. The highest BCUT2D eigenvalue weighted by Crippen LogP contribution is 2.71. The number of ketones is 1. The number of hydrogen-bond acceptors (Lipinski definition) is 4. The lowest BCUT2D eigenvalue weighted by molar-refractivity contribution is -0.273. The minimum absolute atomic E-state index is 0.0823. The highest BCUT2D eigenvalue weighted by molar-refractivity contribution is 5.83. The average Bonchev–Trinajstić information content (AvgIpc) is 3.17. The van der Waals surface area contributed by atoms with Gasteiger partial charge in [0.1, 0.15) is 5.78 Å². The van der Waals surface area contributed by atoms with E-state index in [1.807, 2.05) is 0 Å². The van der Waals surface area contributed by atoms with Crippen LogP contribution in [0.15, 0.2) is 0 Å². The molecule has 0 unspecified atom stereocenters. The Morgan fingerprint density at radius 3 is 2.48 bits per heavy atom. The van der Waals surface area contributed by atoms with Gasteiger partial charge in [0.05, 0.1) is 18.8 Å². The van der Waals surface area contributed by atoms with E-state index in [-0.39, 0.29) is 28.6 Å². The Bertz CT molecular complexity index is 756. The maximum absolute atomic E-state index is 13.3. The number of aliphatic hydroxyl groups excluding tert-OH is 1. The zero-order chi connectivity index (χ0) is 21.8. The Kier molecular flexibility index (Phi) is 4.62. The van der Waals surface area contributed by atoms with Crippen LogP contribution in [-0.2, 0) is 14.3 Å². The maximum Gasteiger partial charge on any atom is 0.171 e. The molecule has 4 saturated carbocycles. The van der Waals surface area contributed by atoms with Gasteiger partial charge in [0.2, 0.25) is 0 Å². The summed E-state index contributed by atoms with van der Waals surface area (Å²) in [4.78, 5) is 13.3. The molecule has 1 N–H and O–H groups in total. The summed E-state index contributed by atoms with van der Waals surface area (Å²) in [5.74, 6) is 3.53. The fraction of sp³-hybridized carbons (Fsp3) is 0.963. The molecule has 6 aliphatic rings. The Labute approximate surface area is 187 Å². The molecule has 2 saturated heterocycles. The van der Waals surface area contributed by atoms with E-state index < -0.39 is 0 Å². The van der Waals surface area contributed by atoms with E-state index in [0.717, 1.165) is 38.7 Å². The first-order chi connectivity index (χ1) is 14.7. The Balaban J connectivity index is 1.28. The van der Waals surface area contributed by atoms with Crippen LogP contribution < -0.4 is 0 Å². The molecule has 4 nitrogen and oxygen atoms in total. The molecule has 12 atom stereocenters. The molecule has 0 aromatic carbocycles. The fourth-order valence-electron chi connectivity index (χ4n) is 10.0. The number of hydrogen-bond donors (Lipinski definition) is 1. The smallest absolute Gasteiger partial charge is 0.171 e. The van der Waals surface area contributed by atoms with Crippen molar-refractivity contribution in [1.29, 1.82) is 0 Å². The first-order valence-corrected chi connectivity index (χ1v) is 13.2. The molecule has 6 fully saturated rings. The summed E-state index contributed by atoms with van der Waals surface area (Å²) in [7, 11) is 0. The molecule has 4 aliphatic carbocycles. The summed E-state index contributed by atoms with van der Waals surface area (Å²) in [5.41, 5.74) is 0.355. The lowest BCUT2D eigenvalue weighted by Crippen LogP contribution is -2.57. The van der Waals surface area contributed by atoms with Gasteiger partial charge < -0.3 is 14.6 Å². The van der Waals surface area contributed by atoms with Gasteiger partial charge >= 0.3 is 0 Å². The van der Waals surface area contributed by atoms with Crippen molar-refractivity contribution in [3.05, 3.63) is 0 Å². The predicted molar refractivity (Wildman–Crippen MR) is 118 cm³/mol. The van der Waals surface area contributed by atoms with Crippen LogP contribution in [0.2, 0.25) is 0 Å². The Morgan fingerprint density at radius 1 is 0.968 bits per heavy atom. The second-order valence-corrected chi connectivity index (χ2v) is 13.1. The molecular weight excluding hydrogens is 388 g/mol. The van der Waals surface area contributed by atoms with Gasteiger partial charge in [0.25, 0.3) is 0 Å². The van der Waals surface area contributed by atoms with Crippen LogP contribution in [0.5, 0.6) is 0 Å². The number of rotatable bonds is 0. The summed E-state index contributed by atoms with van der Waals surface area (Å²) in [6.07, 6.45) is 9.21. The second kappa shape index (κ2) is 6.79. The van der Waals surface area contributed by atoms with E-state index in [1.165, 1.54) is 19.3 Å². The van der Waals surface area contributed by atoms with E-state index >= 15 is 0 Å². The van der Waals surface area contributed by atoms with Crippen LogP contribution in [0.4, 0.5) is 0 Å². The third-order valence-corrected chi connectivity index (χ3v) is 11.7. The Hall–Kier alpha value is -0.450. The van der Waals surface area contributed by atoms with E-state index in [2.05, 4.69) is 27.7 Å². The first-order valence-electron chi connectivity index (χ1n) is 13.2. The van der Waals surface area contributed by atoms with Crippen molar-refractivity contribution in [3.8, 4) is 0 Å². The van der Waals surface area contributed by atoms with Gasteiger partial charge in [-0.25, -0.2) is 0 Å². The molecule has 0 radical (unpaired) electrons. The van der Waals surface area contributed by atoms with E-state index in [4.69, 9.17) is 9.47 Å². The zero-order valence-electron chi connectivity index (χ0n) is 19.9. The maximum atomic E-state index is 13.3. The highest BCUT2D eigenvalue weighted by atomic mass is 16.7. The monoisotopic (exact) mass is 430 g/mol. The van der Waals surface area contributed by atoms with Crippen LogP contribution in [0.25, 0.3) is 0 Å². The zero-order valence-corrected chi connectivity index (χ0v) is 19.9. The normalized spacial score (nSPS) is 60.9. The van der Waals surface area contributed by atoms with E-state index in [0.29, 0.717) is 53.8 Å². The van der Waals surface area contributed by atoms with E-state index in [9.17, 15) is 9.90 Å². The van der Waals surface area contributed by atoms with Crippen molar-refractivity contribution in [2.45, 2.75) is 103 Å². The minimum Gasteiger partial charge on any atom is -0.393 e. The molecule has 1 spiro atoms. The van der Waals surface area contributed by atoms with Gasteiger partial charge in [-0.1, -0.05) is 27.7 Å². The van der Waals surface area contributed by atoms with Crippen LogP contribution in [0, 0.1) is 52.3 Å². The number of carbonyl (C=O) groups excluding carboxylic acids is 1. The SMILES string of the molecule is C[C@@H]1CC[C@@]2(OC1)O[C@@H]1C[C@@H]3[C@H]4CC(=O)[C@H]5C[C@@H](O)CC[C@]5(C)[C@@H]4CC[C@]3(C)[C@H]1[C@@H]2C. The molecule has 2 aliphatic heterocycles. The van der Waals surface area contributed by atoms with Crippen molar-refractivity contribution in [1.82, 2.24) is 0 Å². The molecule has 0 bridgehead atoms. The third-order valence-electron chi connectivity index (χ3n) is 11.7. The van der Waals surface area contributed by atoms with Gasteiger partial charge in [0, 0.05) is 24.7 Å². The van der Waals surface area contributed by atoms with Crippen molar-refractivity contribution in [2.75, 3.05) is 6.61 Å². The summed E-state index contributed by atoms with van der Waals surface area (Å²) in [5, 5.41) is 10.3. The fourth-order valence-corrected chi connectivity index (χ4v) is 10.0. The quantitative estimate of drug-likeness (QED) is 0.589. The lowest BCUT2D eigenvalue weighted by atomic mass is 9.44. The number of carbonyl (C=O) groups is 1. The first kappa shape index (κ1) is 21.1. The van der Waals surface area contributed by atoms with Crippen LogP contribution >= 0.6 is 0 Å². The number of fused-ring (bicyclic) bond motifs is 7. The molecule has 0 aromatic heterocycles. The van der Waals surface area contributed by atoms with Crippen LogP contribution in [0.1, 0.15) is 85.5 Å². The molecule has 31 heavy (non-hydrogen) atoms. The average molecular weight is 431 g/mol. The molecule has 174 valence electrons. The standard InChI is InChI=1S/C27H42O4/c1-15-5-10-27(30-14-15)16(2)24-23(31-27)13-20-18-12-22(29)21-11-17(28)6-8-25(21,3)19(18)7-9-26(20,24)4/h15-21,23-24,28H,5-14H2,1-4H3/t15-,16+,17+,18+,19-,20-,21-,23-,24+,25-,26+,27-/m1/s1. The summed E-state index contributed by atoms with van der Waals surface area (Å²) in [6.45, 7) is 10.4. The van der Waals surface area contributed by atoms with Crippen molar-refractivity contribution in [2.24, 2.45) is 52.3 Å². The Morgan fingerprint density at radius 2 is 1.74 bits per heavy atom. The summed E-state index contributed by atoms with van der Waals surface area (Å²) < 4.78 is 13.3. The largest absolute Gasteiger partial charge is 0.393 e. The molecular formula is C27H42O4. The van der Waals surface area contributed by atoms with Gasteiger partial charge in [-0.05, 0) is 85.4 Å². The van der Waals surface area contributed by atoms with Gasteiger partial charge in [0.15, 0.2) is 5.79 Å². The van der Waals surface area contributed by atoms with Crippen molar-refractivity contribution in [3.63, 3.8) is 0 Å². The highest BCUT2D eigenvalue weighted by Gasteiger charge is 2.69. The van der Waals surface area contributed by atoms with Crippen molar-refractivity contribution >= 4 is 5.78 Å². The molecule has 2 heterocycles. The number of ether oxygens (including phenoxy) is 2. The minimum atomic E-state index is -0.356. The number of aliphatic hydroxyl groups is 1. The molecule has 0 aromatic rings. The van der Waals surface area contributed by atoms with E-state index in [1.54, 1.807) is 0 Å². The van der Waals surface area contributed by atoms with Crippen LogP contribution in [-0.4, -0.2) is 35.5 Å². The van der Waals surface area contributed by atoms with Crippen LogP contribution in [0.3, 0.4) is 0 Å². The lowest BCUT2D eigenvalue weighted by Gasteiger charge is -2.60.